The third-order valence-electron chi connectivity index (χ3n) is 2.43. The Morgan fingerprint density at radius 2 is 2.19 bits per heavy atom. The third kappa shape index (κ3) is 2.90. The van der Waals surface area contributed by atoms with Crippen molar-refractivity contribution in [3.8, 4) is 0 Å². The summed E-state index contributed by atoms with van der Waals surface area (Å²) in [7, 11) is 0. The molecule has 1 rings (SSSR count). The Morgan fingerprint density at radius 3 is 2.56 bits per heavy atom. The molecular formula is C10H15N3O3. The second-order valence-corrected chi connectivity index (χ2v) is 3.79. The summed E-state index contributed by atoms with van der Waals surface area (Å²) in [4.78, 5) is 18.2. The minimum atomic E-state index is -1.11. The Morgan fingerprint density at radius 1 is 1.50 bits per heavy atom. The predicted octanol–water partition coefficient (Wildman–Crippen LogP) is 0.748. The number of carboxylic acid groups (broad SMARTS) is 1. The third-order valence-corrected chi connectivity index (χ3v) is 2.43. The van der Waals surface area contributed by atoms with Gasteiger partial charge in [0.25, 0.3) is 0 Å². The molecule has 0 radical (unpaired) electrons. The number of carboxylic acids is 1. The number of aliphatic hydroxyl groups excluding tert-OH is 1. The van der Waals surface area contributed by atoms with Gasteiger partial charge in [-0.05, 0) is 13.3 Å². The summed E-state index contributed by atoms with van der Waals surface area (Å²) >= 11 is 0. The van der Waals surface area contributed by atoms with E-state index < -0.39 is 11.5 Å². The maximum absolute atomic E-state index is 10.5. The van der Waals surface area contributed by atoms with Crippen LogP contribution in [-0.4, -0.2) is 38.3 Å². The van der Waals surface area contributed by atoms with Crippen LogP contribution in [0, 0.1) is 0 Å². The summed E-state index contributed by atoms with van der Waals surface area (Å²) < 4.78 is 0. The van der Waals surface area contributed by atoms with E-state index in [4.69, 9.17) is 5.11 Å². The summed E-state index contributed by atoms with van der Waals surface area (Å²) in [6.45, 7) is 3.74. The molecule has 1 atom stereocenters. The molecule has 1 heterocycles. The van der Waals surface area contributed by atoms with E-state index in [1.807, 2.05) is 13.8 Å². The first kappa shape index (κ1) is 12.4. The Balaban J connectivity index is 2.79. The number of anilines is 1. The Labute approximate surface area is 93.4 Å². The maximum atomic E-state index is 10.5. The van der Waals surface area contributed by atoms with E-state index >= 15 is 0 Å². The molecule has 0 aliphatic rings. The van der Waals surface area contributed by atoms with E-state index in [1.165, 1.54) is 12.4 Å². The molecule has 0 saturated heterocycles. The van der Waals surface area contributed by atoms with Crippen LogP contribution in [-0.2, 0) is 0 Å². The van der Waals surface area contributed by atoms with Gasteiger partial charge in [0.15, 0.2) is 5.69 Å². The van der Waals surface area contributed by atoms with Gasteiger partial charge < -0.3 is 15.5 Å². The van der Waals surface area contributed by atoms with Crippen molar-refractivity contribution in [3.63, 3.8) is 0 Å². The number of aromatic carboxylic acids is 1. The highest BCUT2D eigenvalue weighted by molar-refractivity contribution is 5.84. The van der Waals surface area contributed by atoms with Crippen molar-refractivity contribution in [2.24, 2.45) is 0 Å². The quantitative estimate of drug-likeness (QED) is 0.684. The fraction of sp³-hybridized carbons (Fsp3) is 0.500. The molecule has 3 N–H and O–H groups in total. The highest BCUT2D eigenvalue weighted by Crippen LogP contribution is 2.15. The van der Waals surface area contributed by atoms with Gasteiger partial charge in [0.1, 0.15) is 5.82 Å². The number of aromatic nitrogens is 2. The normalized spacial score (nSPS) is 14.2. The van der Waals surface area contributed by atoms with Crippen molar-refractivity contribution in [1.82, 2.24) is 9.97 Å². The average Bonchev–Trinajstić information content (AvgIpc) is 2.29. The molecule has 88 valence electrons. The van der Waals surface area contributed by atoms with Gasteiger partial charge in [-0.2, -0.15) is 0 Å². The van der Waals surface area contributed by atoms with Crippen molar-refractivity contribution in [1.29, 1.82) is 0 Å². The van der Waals surface area contributed by atoms with Crippen LogP contribution in [0.2, 0.25) is 0 Å². The Kier molecular flexibility index (Phi) is 3.78. The van der Waals surface area contributed by atoms with Crippen molar-refractivity contribution < 1.29 is 15.0 Å². The predicted molar refractivity (Wildman–Crippen MR) is 58.4 cm³/mol. The number of nitrogens with zero attached hydrogens (tertiary/aromatic N) is 2. The van der Waals surface area contributed by atoms with E-state index in [1.54, 1.807) is 0 Å². The molecule has 0 saturated carbocycles. The fourth-order valence-corrected chi connectivity index (χ4v) is 1.05. The molecule has 1 aromatic heterocycles. The van der Waals surface area contributed by atoms with Crippen LogP contribution in [0.3, 0.4) is 0 Å². The SMILES string of the molecule is CCC(C)(CO)Nc1cnc(C(=O)O)cn1. The molecule has 6 heteroatoms. The van der Waals surface area contributed by atoms with E-state index in [9.17, 15) is 9.90 Å². The average molecular weight is 225 g/mol. The van der Waals surface area contributed by atoms with Gasteiger partial charge in [0, 0.05) is 0 Å². The van der Waals surface area contributed by atoms with Crippen LogP contribution in [0.1, 0.15) is 30.8 Å². The first-order valence-corrected chi connectivity index (χ1v) is 4.95. The number of rotatable bonds is 5. The molecule has 0 fully saturated rings. The van der Waals surface area contributed by atoms with Gasteiger partial charge in [0.2, 0.25) is 0 Å². The van der Waals surface area contributed by atoms with Gasteiger partial charge in [0.05, 0.1) is 24.5 Å². The van der Waals surface area contributed by atoms with E-state index in [-0.39, 0.29) is 12.3 Å². The summed E-state index contributed by atoms with van der Waals surface area (Å²) in [5, 5.41) is 20.8. The standard InChI is InChI=1S/C10H15N3O3/c1-3-10(2,6-14)13-8-5-11-7(4-12-8)9(15)16/h4-5,14H,3,6H2,1-2H3,(H,12,13)(H,15,16). The molecule has 0 aliphatic carbocycles. The first-order valence-electron chi connectivity index (χ1n) is 4.95. The summed E-state index contributed by atoms with van der Waals surface area (Å²) in [6, 6.07) is 0. The van der Waals surface area contributed by atoms with Crippen molar-refractivity contribution in [2.75, 3.05) is 11.9 Å². The lowest BCUT2D eigenvalue weighted by molar-refractivity contribution is 0.0690. The van der Waals surface area contributed by atoms with Gasteiger partial charge >= 0.3 is 5.97 Å². The molecule has 0 spiro atoms. The Bertz CT molecular complexity index is 360. The van der Waals surface area contributed by atoms with E-state index in [0.717, 1.165) is 0 Å². The number of nitrogens with one attached hydrogen (secondary N) is 1. The molecule has 1 unspecified atom stereocenters. The maximum Gasteiger partial charge on any atom is 0.356 e. The minimum absolute atomic E-state index is 0.0359. The minimum Gasteiger partial charge on any atom is -0.476 e. The van der Waals surface area contributed by atoms with Crippen molar-refractivity contribution in [3.05, 3.63) is 18.1 Å². The van der Waals surface area contributed by atoms with Crippen molar-refractivity contribution >= 4 is 11.8 Å². The van der Waals surface area contributed by atoms with Gasteiger partial charge in [-0.25, -0.2) is 14.8 Å². The highest BCUT2D eigenvalue weighted by atomic mass is 16.4. The summed E-state index contributed by atoms with van der Waals surface area (Å²) in [5.74, 6) is -0.664. The molecule has 0 bridgehead atoms. The largest absolute Gasteiger partial charge is 0.476 e. The van der Waals surface area contributed by atoms with Crippen molar-refractivity contribution in [2.45, 2.75) is 25.8 Å². The topological polar surface area (TPSA) is 95.3 Å². The van der Waals surface area contributed by atoms with Crippen LogP contribution in [0.4, 0.5) is 5.82 Å². The molecule has 16 heavy (non-hydrogen) atoms. The summed E-state index contributed by atoms with van der Waals surface area (Å²) in [5.41, 5.74) is -0.577. The summed E-state index contributed by atoms with van der Waals surface area (Å²) in [6.07, 6.45) is 3.23. The Hall–Kier alpha value is -1.69. The molecule has 0 aliphatic heterocycles. The monoisotopic (exact) mass is 225 g/mol. The van der Waals surface area contributed by atoms with Crippen LogP contribution in [0.5, 0.6) is 0 Å². The lowest BCUT2D eigenvalue weighted by Crippen LogP contribution is -2.38. The smallest absolute Gasteiger partial charge is 0.356 e. The highest BCUT2D eigenvalue weighted by Gasteiger charge is 2.21. The number of aliphatic hydroxyl groups is 1. The van der Waals surface area contributed by atoms with Gasteiger partial charge in [-0.3, -0.25) is 0 Å². The molecule has 0 aromatic carbocycles. The number of carbonyl (C=O) groups is 1. The van der Waals surface area contributed by atoms with E-state index in [0.29, 0.717) is 12.2 Å². The molecule has 6 nitrogen and oxygen atoms in total. The molecule has 1 aromatic rings. The van der Waals surface area contributed by atoms with Gasteiger partial charge in [-0.1, -0.05) is 6.92 Å². The molecular weight excluding hydrogens is 210 g/mol. The van der Waals surface area contributed by atoms with Gasteiger partial charge in [-0.15, -0.1) is 0 Å². The van der Waals surface area contributed by atoms with Crippen LogP contribution < -0.4 is 5.32 Å². The van der Waals surface area contributed by atoms with Crippen LogP contribution in [0.25, 0.3) is 0 Å². The number of hydrogen-bond donors (Lipinski definition) is 3. The first-order chi connectivity index (χ1) is 7.50. The lowest BCUT2D eigenvalue weighted by atomic mass is 10.0. The van der Waals surface area contributed by atoms with E-state index in [2.05, 4.69) is 15.3 Å². The second kappa shape index (κ2) is 4.89. The lowest BCUT2D eigenvalue weighted by Gasteiger charge is -2.27. The molecule has 0 amide bonds. The zero-order chi connectivity index (χ0) is 12.2. The fourth-order valence-electron chi connectivity index (χ4n) is 1.05. The zero-order valence-corrected chi connectivity index (χ0v) is 9.27. The zero-order valence-electron chi connectivity index (χ0n) is 9.27. The van der Waals surface area contributed by atoms with Crippen LogP contribution >= 0.6 is 0 Å². The second-order valence-electron chi connectivity index (χ2n) is 3.79. The van der Waals surface area contributed by atoms with Crippen LogP contribution in [0.15, 0.2) is 12.4 Å². The number of hydrogen-bond acceptors (Lipinski definition) is 5.